The Balaban J connectivity index is 1.27. The summed E-state index contributed by atoms with van der Waals surface area (Å²) in [6, 6.07) is 21.9. The van der Waals surface area contributed by atoms with Crippen LogP contribution in [0.4, 0.5) is 21.0 Å². The Morgan fingerprint density at radius 3 is 2.14 bits per heavy atom. The number of hydrogen-bond donors (Lipinski definition) is 1. The summed E-state index contributed by atoms with van der Waals surface area (Å²) in [6.07, 6.45) is 2.37. The normalized spacial score (nSPS) is 19.5. The predicted octanol–water partition coefficient (Wildman–Crippen LogP) is 4.90. The molecule has 3 atom stereocenters. The Hall–Kier alpha value is -5.12. The maximum Gasteiger partial charge on any atom is 0.329 e. The van der Waals surface area contributed by atoms with Crippen LogP contribution < -0.4 is 10.3 Å². The van der Waals surface area contributed by atoms with Gasteiger partial charge in [0.2, 0.25) is 0 Å². The zero-order chi connectivity index (χ0) is 29.4. The van der Waals surface area contributed by atoms with Crippen molar-refractivity contribution >= 4 is 40.4 Å². The molecule has 0 unspecified atom stereocenters. The largest absolute Gasteiger partial charge is 0.480 e. The number of urea groups is 2. The van der Waals surface area contributed by atoms with Gasteiger partial charge in [0.1, 0.15) is 5.58 Å². The number of carboxylic acids is 1. The molecule has 2 aliphatic rings. The molecule has 6 rings (SSSR count). The van der Waals surface area contributed by atoms with E-state index in [1.165, 1.54) is 21.0 Å². The fraction of sp³-hybridized carbons (Fsp3) is 0.250. The Morgan fingerprint density at radius 2 is 1.50 bits per heavy atom. The van der Waals surface area contributed by atoms with Crippen molar-refractivity contribution in [2.45, 2.75) is 37.5 Å². The second-order valence-corrected chi connectivity index (χ2v) is 10.7. The van der Waals surface area contributed by atoms with Crippen molar-refractivity contribution in [2.75, 3.05) is 18.5 Å². The van der Waals surface area contributed by atoms with E-state index >= 15 is 0 Å². The van der Waals surface area contributed by atoms with Gasteiger partial charge < -0.3 is 24.2 Å². The number of aliphatic carboxylic acids is 1. The third-order valence-corrected chi connectivity index (χ3v) is 8.08. The van der Waals surface area contributed by atoms with Crippen molar-refractivity contribution in [1.82, 2.24) is 14.7 Å². The standard InChI is InChI=1S/C32H30N4O6/c1-33(18-21-20-42-27-15-9-8-14-25(27)29(21)37)31(40)36-24-16-17-26(36)28(30(38)39)34(19-24)32(41)35(22-10-4-2-5-11-22)23-12-6-3-7-13-23/h2-15,20,24,26,28H,16-19H2,1H3,(H,38,39)/t24-,26+,28-/m0/s1. The van der Waals surface area contributed by atoms with Crippen LogP contribution in [0.3, 0.4) is 0 Å². The molecule has 10 heteroatoms. The van der Waals surface area contributed by atoms with Crippen LogP contribution in [-0.2, 0) is 11.3 Å². The zero-order valence-electron chi connectivity index (χ0n) is 23.0. The van der Waals surface area contributed by atoms with Crippen LogP contribution in [0.5, 0.6) is 0 Å². The summed E-state index contributed by atoms with van der Waals surface area (Å²) in [4.78, 5) is 59.6. The highest BCUT2D eigenvalue weighted by Crippen LogP contribution is 2.37. The summed E-state index contributed by atoms with van der Waals surface area (Å²) in [5, 5.41) is 10.8. The molecular formula is C32H30N4O6. The fourth-order valence-corrected chi connectivity index (χ4v) is 6.14. The summed E-state index contributed by atoms with van der Waals surface area (Å²) in [5.41, 5.74) is 1.78. The van der Waals surface area contributed by atoms with Gasteiger partial charge in [0.05, 0.1) is 47.2 Å². The Bertz CT molecular complexity index is 1650. The molecule has 0 radical (unpaired) electrons. The minimum atomic E-state index is -1.24. The molecule has 0 saturated carbocycles. The number of likely N-dealkylation sites (tertiary alicyclic amines) is 1. The monoisotopic (exact) mass is 566 g/mol. The molecule has 3 aromatic carbocycles. The van der Waals surface area contributed by atoms with Crippen molar-refractivity contribution in [1.29, 1.82) is 0 Å². The minimum Gasteiger partial charge on any atom is -0.480 e. The number of amides is 4. The number of carbonyl (C=O) groups is 3. The van der Waals surface area contributed by atoms with E-state index in [2.05, 4.69) is 0 Å². The van der Waals surface area contributed by atoms with Gasteiger partial charge in [-0.3, -0.25) is 9.69 Å². The Kier molecular flexibility index (Phi) is 7.12. The lowest BCUT2D eigenvalue weighted by molar-refractivity contribution is -0.145. The first-order valence-corrected chi connectivity index (χ1v) is 13.8. The number of carboxylic acid groups (broad SMARTS) is 1. The number of benzene rings is 3. The summed E-state index contributed by atoms with van der Waals surface area (Å²) in [6.45, 7) is 0.0677. The quantitative estimate of drug-likeness (QED) is 0.367. The smallest absolute Gasteiger partial charge is 0.329 e. The molecule has 4 aromatic rings. The van der Waals surface area contributed by atoms with Crippen molar-refractivity contribution in [2.24, 2.45) is 0 Å². The lowest BCUT2D eigenvalue weighted by Crippen LogP contribution is -2.67. The number of rotatable bonds is 5. The number of piperazine rings is 1. The van der Waals surface area contributed by atoms with Crippen LogP contribution in [0.25, 0.3) is 11.0 Å². The molecule has 42 heavy (non-hydrogen) atoms. The van der Waals surface area contributed by atoms with E-state index < -0.39 is 30.1 Å². The fourth-order valence-electron chi connectivity index (χ4n) is 6.14. The molecule has 0 spiro atoms. The van der Waals surface area contributed by atoms with Crippen LogP contribution in [0.1, 0.15) is 18.4 Å². The van der Waals surface area contributed by atoms with Gasteiger partial charge >= 0.3 is 18.0 Å². The van der Waals surface area contributed by atoms with E-state index in [0.29, 0.717) is 40.7 Å². The van der Waals surface area contributed by atoms with Crippen molar-refractivity contribution in [3.8, 4) is 0 Å². The molecule has 2 fully saturated rings. The molecule has 214 valence electrons. The van der Waals surface area contributed by atoms with Gasteiger partial charge in [0.25, 0.3) is 0 Å². The number of nitrogens with zero attached hydrogens (tertiary/aromatic N) is 4. The third-order valence-electron chi connectivity index (χ3n) is 8.08. The molecule has 0 aliphatic carbocycles. The highest BCUT2D eigenvalue weighted by Gasteiger charge is 2.54. The van der Waals surface area contributed by atoms with Crippen molar-refractivity contribution in [3.63, 3.8) is 0 Å². The lowest BCUT2D eigenvalue weighted by atomic mass is 10.0. The SMILES string of the molecule is CN(Cc1coc2ccccc2c1=O)C(=O)N1[C@H]2CC[C@@H]1[C@@H](C(=O)O)N(C(=O)N(c1ccccc1)c1ccccc1)C2. The molecule has 2 aliphatic heterocycles. The van der Waals surface area contributed by atoms with Gasteiger partial charge in [-0.15, -0.1) is 0 Å². The second-order valence-electron chi connectivity index (χ2n) is 10.7. The summed E-state index contributed by atoms with van der Waals surface area (Å²) in [5.74, 6) is -1.18. The van der Waals surface area contributed by atoms with Crippen LogP contribution in [0.2, 0.25) is 0 Å². The van der Waals surface area contributed by atoms with E-state index in [4.69, 9.17) is 4.42 Å². The second kappa shape index (κ2) is 11.0. The van der Waals surface area contributed by atoms with E-state index in [0.717, 1.165) is 0 Å². The number of para-hydroxylation sites is 3. The van der Waals surface area contributed by atoms with Crippen molar-refractivity contribution < 1.29 is 23.9 Å². The molecule has 1 N–H and O–H groups in total. The van der Waals surface area contributed by atoms with Crippen LogP contribution >= 0.6 is 0 Å². The maximum atomic E-state index is 14.2. The molecule has 1 aromatic heterocycles. The molecule has 4 amide bonds. The maximum absolute atomic E-state index is 14.2. The highest BCUT2D eigenvalue weighted by atomic mass is 16.4. The number of anilines is 2. The summed E-state index contributed by atoms with van der Waals surface area (Å²) in [7, 11) is 1.58. The zero-order valence-corrected chi connectivity index (χ0v) is 23.0. The first-order chi connectivity index (χ1) is 20.3. The van der Waals surface area contributed by atoms with Gasteiger partial charge in [0, 0.05) is 13.6 Å². The van der Waals surface area contributed by atoms with E-state index in [1.807, 2.05) is 36.4 Å². The Morgan fingerprint density at radius 1 is 0.881 bits per heavy atom. The van der Waals surface area contributed by atoms with Gasteiger partial charge in [-0.05, 0) is 49.2 Å². The molecular weight excluding hydrogens is 536 g/mol. The highest BCUT2D eigenvalue weighted by molar-refractivity contribution is 6.01. The van der Waals surface area contributed by atoms with Crippen molar-refractivity contribution in [3.05, 3.63) is 107 Å². The third kappa shape index (κ3) is 4.74. The van der Waals surface area contributed by atoms with E-state index in [9.17, 15) is 24.3 Å². The average Bonchev–Trinajstić information content (AvgIpc) is 3.31. The van der Waals surface area contributed by atoms with Gasteiger partial charge in [-0.2, -0.15) is 0 Å². The van der Waals surface area contributed by atoms with E-state index in [1.54, 1.807) is 60.5 Å². The molecule has 10 nitrogen and oxygen atoms in total. The Labute approximate surface area is 242 Å². The van der Waals surface area contributed by atoms with Gasteiger partial charge in [0.15, 0.2) is 11.5 Å². The average molecular weight is 567 g/mol. The van der Waals surface area contributed by atoms with Gasteiger partial charge in [-0.25, -0.2) is 14.4 Å². The van der Waals surface area contributed by atoms with Crippen LogP contribution in [0, 0.1) is 0 Å². The molecule has 2 bridgehead atoms. The first-order valence-electron chi connectivity index (χ1n) is 13.8. The lowest BCUT2D eigenvalue weighted by Gasteiger charge is -2.47. The number of carbonyl (C=O) groups excluding carboxylic acids is 2. The minimum absolute atomic E-state index is 0.00187. The molecule has 3 heterocycles. The summed E-state index contributed by atoms with van der Waals surface area (Å²) >= 11 is 0. The topological polar surface area (TPSA) is 115 Å². The number of fused-ring (bicyclic) bond motifs is 3. The first kappa shape index (κ1) is 27.1. The summed E-state index contributed by atoms with van der Waals surface area (Å²) < 4.78 is 5.61. The molecule has 2 saturated heterocycles. The number of hydrogen-bond acceptors (Lipinski definition) is 5. The van der Waals surface area contributed by atoms with Crippen LogP contribution in [0.15, 0.2) is 100 Å². The van der Waals surface area contributed by atoms with Crippen LogP contribution in [-0.4, -0.2) is 69.6 Å². The van der Waals surface area contributed by atoms with Gasteiger partial charge in [-0.1, -0.05) is 48.5 Å². The van der Waals surface area contributed by atoms with E-state index in [-0.39, 0.29) is 24.6 Å². The predicted molar refractivity (Wildman–Crippen MR) is 157 cm³/mol.